The summed E-state index contributed by atoms with van der Waals surface area (Å²) < 4.78 is 80.2. The van der Waals surface area contributed by atoms with Crippen molar-refractivity contribution in [2.24, 2.45) is 5.92 Å². The van der Waals surface area contributed by atoms with Gasteiger partial charge in [-0.15, -0.1) is 0 Å². The average Bonchev–Trinajstić information content (AvgIpc) is 2.92. The lowest BCUT2D eigenvalue weighted by molar-refractivity contribution is -0.0550. The van der Waals surface area contributed by atoms with Crippen LogP contribution in [0, 0.1) is 5.92 Å². The Morgan fingerprint density at radius 2 is 1.54 bits per heavy atom. The molecule has 0 radical (unpaired) electrons. The molecule has 2 aromatic carbocycles. The molecule has 0 unspecified atom stereocenters. The molecule has 0 bridgehead atoms. The summed E-state index contributed by atoms with van der Waals surface area (Å²) in [6, 6.07) is 18.7. The summed E-state index contributed by atoms with van der Waals surface area (Å²) in [7, 11) is -8.06. The maximum atomic E-state index is 13.3. The summed E-state index contributed by atoms with van der Waals surface area (Å²) in [5.41, 5.74) is -5.67. The van der Waals surface area contributed by atoms with Gasteiger partial charge in [0.1, 0.15) is 0 Å². The van der Waals surface area contributed by atoms with Gasteiger partial charge in [0.2, 0.25) is 5.88 Å². The third-order valence-electron chi connectivity index (χ3n) is 7.37. The van der Waals surface area contributed by atoms with Crippen molar-refractivity contribution in [1.29, 1.82) is 0 Å². The minimum atomic E-state index is -6.03. The number of unbranched alkanes of at least 4 members (excludes halogenated alkanes) is 1. The minimum absolute atomic E-state index is 0.0798. The molecule has 2 atom stereocenters. The molecule has 0 aromatic heterocycles. The van der Waals surface area contributed by atoms with E-state index in [1.807, 2.05) is 67.6 Å². The molecule has 226 valence electrons. The molecular weight excluding hydrogens is 575 g/mol. The molecule has 0 fully saturated rings. The van der Waals surface area contributed by atoms with Crippen LogP contribution in [-0.4, -0.2) is 53.0 Å². The van der Waals surface area contributed by atoms with Gasteiger partial charge in [-0.25, -0.2) is 9.69 Å². The van der Waals surface area contributed by atoms with Crippen molar-refractivity contribution in [3.63, 3.8) is 0 Å². The maximum absolute atomic E-state index is 13.3. The predicted molar refractivity (Wildman–Crippen MR) is 153 cm³/mol. The van der Waals surface area contributed by atoms with E-state index in [4.69, 9.17) is 9.16 Å². The quantitative estimate of drug-likeness (QED) is 0.188. The molecule has 0 aliphatic carbocycles. The number of halogens is 3. The minimum Gasteiger partial charge on any atom is -0.452 e. The van der Waals surface area contributed by atoms with Gasteiger partial charge >= 0.3 is 21.7 Å². The Labute approximate surface area is 241 Å². The Morgan fingerprint density at radius 1 is 1.00 bits per heavy atom. The van der Waals surface area contributed by atoms with E-state index in [1.165, 1.54) is 6.08 Å². The first-order chi connectivity index (χ1) is 19.2. The van der Waals surface area contributed by atoms with Crippen LogP contribution in [0.15, 0.2) is 72.6 Å². The van der Waals surface area contributed by atoms with Gasteiger partial charge in [0.15, 0.2) is 0 Å². The lowest BCUT2D eigenvalue weighted by atomic mass is 9.88. The van der Waals surface area contributed by atoms with Crippen molar-refractivity contribution in [2.45, 2.75) is 70.0 Å². The Bertz CT molecular complexity index is 1260. The fourth-order valence-electron chi connectivity index (χ4n) is 5.40. The molecule has 1 heterocycles. The van der Waals surface area contributed by atoms with Gasteiger partial charge in [0.25, 0.3) is 8.32 Å². The number of ether oxygens (including phenoxy) is 1. The van der Waals surface area contributed by atoms with Gasteiger partial charge < -0.3 is 13.3 Å². The Kier molecular flexibility index (Phi) is 10.4. The lowest BCUT2D eigenvalue weighted by Crippen LogP contribution is -2.67. The molecule has 41 heavy (non-hydrogen) atoms. The second kappa shape index (κ2) is 13.0. The standard InChI is InChI=1S/C29H38F3NO6SSi/c1-6-7-14-22-19-20-26(39-40(35,36)29(30,31)32)33(27(34)37-5)25(22)21-38-41(28(2,3)4,23-15-10-8-11-16-23)24-17-12-9-13-18-24/h8-13,15-18,20,22,25H,6-7,14,19,21H2,1-5H3/t22-,25-/m1/s1. The largest absolute Gasteiger partial charge is 0.534 e. The molecular formula is C29H38F3NO6SSi. The highest BCUT2D eigenvalue weighted by molar-refractivity contribution is 7.87. The van der Waals surface area contributed by atoms with Gasteiger partial charge in [-0.2, -0.15) is 21.6 Å². The monoisotopic (exact) mass is 613 g/mol. The molecule has 0 spiro atoms. The molecule has 1 amide bonds. The summed E-state index contributed by atoms with van der Waals surface area (Å²) in [5.74, 6) is -0.980. The number of benzene rings is 2. The van der Waals surface area contributed by atoms with Crippen LogP contribution >= 0.6 is 0 Å². The number of methoxy groups -OCH3 is 1. The summed E-state index contributed by atoms with van der Waals surface area (Å²) in [6.07, 6.45) is 2.65. The van der Waals surface area contributed by atoms with Crippen LogP contribution in [-0.2, 0) is 23.5 Å². The molecule has 0 saturated carbocycles. The Morgan fingerprint density at radius 3 is 1.98 bits per heavy atom. The topological polar surface area (TPSA) is 82.1 Å². The van der Waals surface area contributed by atoms with Gasteiger partial charge in [-0.1, -0.05) is 101 Å². The molecule has 2 aromatic rings. The Balaban J connectivity index is 2.14. The highest BCUT2D eigenvalue weighted by Crippen LogP contribution is 2.39. The van der Waals surface area contributed by atoms with E-state index in [2.05, 4.69) is 25.0 Å². The average molecular weight is 614 g/mol. The number of carbonyl (C=O) groups is 1. The second-order valence-corrected chi connectivity index (χ2v) is 16.9. The summed E-state index contributed by atoms with van der Waals surface area (Å²) >= 11 is 0. The molecule has 7 nitrogen and oxygen atoms in total. The van der Waals surface area contributed by atoms with Gasteiger partial charge in [0, 0.05) is 0 Å². The van der Waals surface area contributed by atoms with Crippen molar-refractivity contribution in [3.05, 3.63) is 72.6 Å². The maximum Gasteiger partial charge on any atom is 0.534 e. The SMILES string of the molecule is CCCC[C@@H]1CC=C(OS(=O)(=O)C(F)(F)F)N(C(=O)OC)[C@@H]1CO[Si](c1ccccc1)(c1ccccc1)C(C)(C)C. The second-order valence-electron chi connectivity index (χ2n) is 11.0. The van der Waals surface area contributed by atoms with Crippen LogP contribution in [0.4, 0.5) is 18.0 Å². The van der Waals surface area contributed by atoms with E-state index in [0.717, 1.165) is 35.2 Å². The van der Waals surface area contributed by atoms with Gasteiger partial charge in [-0.3, -0.25) is 0 Å². The summed E-state index contributed by atoms with van der Waals surface area (Å²) in [5, 5.41) is 1.56. The third-order valence-corrected chi connectivity index (χ3v) is 13.3. The van der Waals surface area contributed by atoms with Gasteiger partial charge in [-0.05, 0) is 40.2 Å². The normalized spacial score (nSPS) is 18.5. The zero-order chi connectivity index (χ0) is 30.5. The molecule has 12 heteroatoms. The van der Waals surface area contributed by atoms with E-state index in [9.17, 15) is 26.4 Å². The van der Waals surface area contributed by atoms with E-state index >= 15 is 0 Å². The zero-order valence-corrected chi connectivity index (χ0v) is 25.8. The first kappa shape index (κ1) is 32.7. The highest BCUT2D eigenvalue weighted by Gasteiger charge is 2.53. The Hall–Kier alpha value is -2.83. The smallest absolute Gasteiger partial charge is 0.452 e. The first-order valence-corrected chi connectivity index (χ1v) is 16.8. The number of allylic oxidation sites excluding steroid dienone is 1. The van der Waals surface area contributed by atoms with Crippen molar-refractivity contribution < 1.29 is 39.7 Å². The van der Waals surface area contributed by atoms with E-state index in [0.29, 0.717) is 6.42 Å². The van der Waals surface area contributed by atoms with Gasteiger partial charge in [0.05, 0.1) is 19.8 Å². The van der Waals surface area contributed by atoms with Crippen LogP contribution in [0.1, 0.15) is 53.4 Å². The fraction of sp³-hybridized carbons (Fsp3) is 0.483. The van der Waals surface area contributed by atoms with Crippen molar-refractivity contribution in [1.82, 2.24) is 4.90 Å². The number of hydrogen-bond acceptors (Lipinski definition) is 6. The van der Waals surface area contributed by atoms with E-state index in [-0.39, 0.29) is 18.9 Å². The van der Waals surface area contributed by atoms with Crippen molar-refractivity contribution in [2.75, 3.05) is 13.7 Å². The summed E-state index contributed by atoms with van der Waals surface area (Å²) in [6.45, 7) is 8.17. The third kappa shape index (κ3) is 6.98. The van der Waals surface area contributed by atoms with Crippen LogP contribution < -0.4 is 10.4 Å². The predicted octanol–water partition coefficient (Wildman–Crippen LogP) is 5.92. The van der Waals surface area contributed by atoms with Crippen LogP contribution in [0.25, 0.3) is 0 Å². The molecule has 0 N–H and O–H groups in total. The molecule has 3 rings (SSSR count). The lowest BCUT2D eigenvalue weighted by Gasteiger charge is -2.46. The molecule has 0 saturated heterocycles. The van der Waals surface area contributed by atoms with Crippen molar-refractivity contribution >= 4 is 34.9 Å². The molecule has 1 aliphatic rings. The van der Waals surface area contributed by atoms with Crippen LogP contribution in [0.3, 0.4) is 0 Å². The van der Waals surface area contributed by atoms with E-state index < -0.39 is 47.0 Å². The summed E-state index contributed by atoms with van der Waals surface area (Å²) in [4.78, 5) is 13.9. The van der Waals surface area contributed by atoms with Crippen LogP contribution in [0.2, 0.25) is 5.04 Å². The number of nitrogens with zero attached hydrogens (tertiary/aromatic N) is 1. The fourth-order valence-corrected chi connectivity index (χ4v) is 10.4. The number of rotatable bonds is 10. The number of hydrogen-bond donors (Lipinski definition) is 0. The zero-order valence-electron chi connectivity index (χ0n) is 24.0. The molecule has 1 aliphatic heterocycles. The highest BCUT2D eigenvalue weighted by atomic mass is 32.2. The number of alkyl halides is 3. The first-order valence-electron chi connectivity index (χ1n) is 13.5. The van der Waals surface area contributed by atoms with E-state index in [1.54, 1.807) is 0 Å². The van der Waals surface area contributed by atoms with Crippen molar-refractivity contribution in [3.8, 4) is 0 Å². The number of carbonyl (C=O) groups excluding carboxylic acids is 1. The number of amides is 1. The van der Waals surface area contributed by atoms with Crippen LogP contribution in [0.5, 0.6) is 0 Å².